The Morgan fingerprint density at radius 2 is 0.658 bits per heavy atom. The summed E-state index contributed by atoms with van der Waals surface area (Å²) in [7, 11) is -9.85. The molecule has 0 spiro atoms. The minimum absolute atomic E-state index is 0.103. The van der Waals surface area contributed by atoms with Crippen LogP contribution in [0.15, 0.2) is 0 Å². The van der Waals surface area contributed by atoms with Gasteiger partial charge in [-0.05, 0) is 31.6 Å². The summed E-state index contributed by atoms with van der Waals surface area (Å²) >= 11 is 0. The number of hydrogen-bond donors (Lipinski definition) is 3. The zero-order valence-corrected chi connectivity index (χ0v) is 48.0. The summed E-state index contributed by atoms with van der Waals surface area (Å²) in [6.07, 6.45) is 28.3. The number of phosphoric acid groups is 2. The quantitative estimate of drug-likeness (QED) is 0.0222. The highest BCUT2D eigenvalue weighted by Gasteiger charge is 2.30. The van der Waals surface area contributed by atoms with Gasteiger partial charge in [0.25, 0.3) is 0 Å². The maximum absolute atomic E-state index is 12.9. The van der Waals surface area contributed by atoms with Gasteiger partial charge in [-0.1, -0.05) is 208 Å². The van der Waals surface area contributed by atoms with E-state index in [1.807, 2.05) is 0 Å². The van der Waals surface area contributed by atoms with Crippen LogP contribution in [0.4, 0.5) is 0 Å². The molecule has 0 heterocycles. The van der Waals surface area contributed by atoms with Crippen LogP contribution in [0.2, 0.25) is 0 Å². The molecule has 0 aromatic heterocycles. The van der Waals surface area contributed by atoms with E-state index in [2.05, 4.69) is 34.6 Å². The largest absolute Gasteiger partial charge is 0.472 e. The monoisotopic (exact) mass is 1090 g/mol. The molecule has 0 aromatic rings. The molecule has 17 nitrogen and oxygen atoms in total. The predicted molar refractivity (Wildman–Crippen MR) is 285 cm³/mol. The lowest BCUT2D eigenvalue weighted by molar-refractivity contribution is -0.161. The van der Waals surface area contributed by atoms with Crippen molar-refractivity contribution < 1.29 is 80.2 Å². The molecule has 0 fully saturated rings. The van der Waals surface area contributed by atoms with Crippen molar-refractivity contribution in [1.29, 1.82) is 0 Å². The van der Waals surface area contributed by atoms with Crippen molar-refractivity contribution in [2.24, 2.45) is 5.92 Å². The van der Waals surface area contributed by atoms with Gasteiger partial charge in [-0.15, -0.1) is 0 Å². The van der Waals surface area contributed by atoms with Crippen LogP contribution in [-0.4, -0.2) is 96.7 Å². The van der Waals surface area contributed by atoms with E-state index in [1.165, 1.54) is 57.8 Å². The number of rotatable bonds is 54. The van der Waals surface area contributed by atoms with E-state index < -0.39 is 97.5 Å². The summed E-state index contributed by atoms with van der Waals surface area (Å²) in [5.41, 5.74) is 0. The van der Waals surface area contributed by atoms with Crippen LogP contribution in [0.25, 0.3) is 0 Å². The fraction of sp³-hybridized carbons (Fsp3) is 0.926. The Hall–Kier alpha value is -1.94. The summed E-state index contributed by atoms with van der Waals surface area (Å²) in [5.74, 6) is -1.44. The van der Waals surface area contributed by atoms with Crippen molar-refractivity contribution in [1.82, 2.24) is 0 Å². The number of carbonyl (C=O) groups excluding carboxylic acids is 4. The minimum atomic E-state index is -4.93. The fourth-order valence-electron chi connectivity index (χ4n) is 7.78. The van der Waals surface area contributed by atoms with E-state index in [9.17, 15) is 43.2 Å². The van der Waals surface area contributed by atoms with Gasteiger partial charge in [0.15, 0.2) is 12.2 Å². The Morgan fingerprint density at radius 3 is 0.973 bits per heavy atom. The SMILES string of the molecule is CCCCCCCCCCCC(=O)OC[C@H](COP(=O)(O)OC[C@@H](O)COP(=O)(O)OC[C@@H](COC(=O)CCCCCCCCC)OC(=O)CCCCCCCCC)OC(=O)CCCCCCCCC(C)CC. The molecule has 0 aliphatic rings. The number of phosphoric ester groups is 2. The van der Waals surface area contributed by atoms with Crippen molar-refractivity contribution in [2.45, 2.75) is 278 Å². The molecule has 0 saturated heterocycles. The number of hydrogen-bond acceptors (Lipinski definition) is 15. The van der Waals surface area contributed by atoms with Gasteiger partial charge in [0, 0.05) is 25.7 Å². The van der Waals surface area contributed by atoms with Gasteiger partial charge in [-0.3, -0.25) is 37.3 Å². The first-order valence-corrected chi connectivity index (χ1v) is 31.7. The predicted octanol–water partition coefficient (Wildman–Crippen LogP) is 13.9. The van der Waals surface area contributed by atoms with E-state index in [4.69, 9.17) is 37.0 Å². The highest BCUT2D eigenvalue weighted by Crippen LogP contribution is 2.45. The summed E-state index contributed by atoms with van der Waals surface area (Å²) in [4.78, 5) is 71.4. The molecule has 0 saturated carbocycles. The van der Waals surface area contributed by atoms with Gasteiger partial charge in [0.05, 0.1) is 26.4 Å². The molecule has 3 unspecified atom stereocenters. The molecule has 0 rings (SSSR count). The first kappa shape index (κ1) is 71.1. The molecular formula is C54H104O17P2. The second-order valence-electron chi connectivity index (χ2n) is 19.9. The van der Waals surface area contributed by atoms with Crippen molar-refractivity contribution in [3.05, 3.63) is 0 Å². The van der Waals surface area contributed by atoms with E-state index in [-0.39, 0.29) is 25.7 Å². The highest BCUT2D eigenvalue weighted by molar-refractivity contribution is 7.47. The number of aliphatic hydroxyl groups excluding tert-OH is 1. The summed E-state index contributed by atoms with van der Waals surface area (Å²) in [6, 6.07) is 0. The molecule has 0 bridgehead atoms. The zero-order chi connectivity index (χ0) is 54.3. The first-order valence-electron chi connectivity index (χ1n) is 28.7. The van der Waals surface area contributed by atoms with Gasteiger partial charge in [0.1, 0.15) is 19.3 Å². The van der Waals surface area contributed by atoms with E-state index >= 15 is 0 Å². The van der Waals surface area contributed by atoms with Crippen molar-refractivity contribution in [3.63, 3.8) is 0 Å². The van der Waals surface area contributed by atoms with Crippen molar-refractivity contribution in [3.8, 4) is 0 Å². The Labute approximate surface area is 441 Å². The standard InChI is InChI=1S/C54H104O17P2/c1-6-10-13-16-19-20-23-28-33-38-52(57)65-44-50(71-54(59)40-35-30-25-24-26-31-36-47(5)9-4)46-69-73(62,63)67-42-48(55)41-66-72(60,61)68-45-49(70-53(58)39-34-29-22-18-15-12-8-3)43-64-51(56)37-32-27-21-17-14-11-7-2/h47-50,55H,6-46H2,1-5H3,(H,60,61)(H,62,63)/t47?,48-,49+,50+/m0/s1. The van der Waals surface area contributed by atoms with Gasteiger partial charge < -0.3 is 33.8 Å². The molecule has 3 N–H and O–H groups in total. The zero-order valence-electron chi connectivity index (χ0n) is 46.3. The van der Waals surface area contributed by atoms with Crippen LogP contribution in [0.5, 0.6) is 0 Å². The summed E-state index contributed by atoms with van der Waals surface area (Å²) < 4.78 is 67.3. The number of aliphatic hydroxyl groups is 1. The van der Waals surface area contributed by atoms with Gasteiger partial charge in [0.2, 0.25) is 0 Å². The molecule has 0 amide bonds. The lowest BCUT2D eigenvalue weighted by Crippen LogP contribution is -2.30. The van der Waals surface area contributed by atoms with E-state index in [0.717, 1.165) is 121 Å². The number of ether oxygens (including phenoxy) is 4. The highest BCUT2D eigenvalue weighted by atomic mass is 31.2. The summed E-state index contributed by atoms with van der Waals surface area (Å²) in [5, 5.41) is 10.4. The smallest absolute Gasteiger partial charge is 0.462 e. The number of carbonyl (C=O) groups is 4. The van der Waals surface area contributed by atoms with Gasteiger partial charge in [-0.25, -0.2) is 9.13 Å². The van der Waals surface area contributed by atoms with Crippen LogP contribution in [-0.2, 0) is 65.4 Å². The van der Waals surface area contributed by atoms with Gasteiger partial charge in [-0.2, -0.15) is 0 Å². The lowest BCUT2D eigenvalue weighted by Gasteiger charge is -2.21. The topological polar surface area (TPSA) is 237 Å². The van der Waals surface area contributed by atoms with Crippen LogP contribution in [0.1, 0.15) is 259 Å². The molecule has 432 valence electrons. The summed E-state index contributed by atoms with van der Waals surface area (Å²) in [6.45, 7) is 6.96. The molecule has 0 aliphatic carbocycles. The second kappa shape index (κ2) is 48.4. The van der Waals surface area contributed by atoms with Crippen LogP contribution >= 0.6 is 15.6 Å². The maximum atomic E-state index is 12.9. The Kier molecular flexibility index (Phi) is 47.1. The van der Waals surface area contributed by atoms with E-state index in [0.29, 0.717) is 25.7 Å². The van der Waals surface area contributed by atoms with Crippen LogP contribution in [0.3, 0.4) is 0 Å². The molecule has 19 heteroatoms. The Bertz CT molecular complexity index is 1450. The third-order valence-electron chi connectivity index (χ3n) is 12.6. The fourth-order valence-corrected chi connectivity index (χ4v) is 9.36. The normalized spacial score (nSPS) is 14.9. The Balaban J connectivity index is 5.20. The average molecular weight is 1090 g/mol. The first-order chi connectivity index (χ1) is 35.1. The second-order valence-corrected chi connectivity index (χ2v) is 22.8. The van der Waals surface area contributed by atoms with Crippen molar-refractivity contribution in [2.75, 3.05) is 39.6 Å². The molecule has 6 atom stereocenters. The minimum Gasteiger partial charge on any atom is -0.462 e. The molecule has 73 heavy (non-hydrogen) atoms. The maximum Gasteiger partial charge on any atom is 0.472 e. The third kappa shape index (κ3) is 48.2. The van der Waals surface area contributed by atoms with Crippen molar-refractivity contribution >= 4 is 39.5 Å². The number of esters is 4. The third-order valence-corrected chi connectivity index (χ3v) is 14.5. The number of unbranched alkanes of at least 4 members (excludes halogenated alkanes) is 25. The van der Waals surface area contributed by atoms with E-state index in [1.54, 1.807) is 0 Å². The lowest BCUT2D eigenvalue weighted by atomic mass is 10.00. The molecule has 0 aromatic carbocycles. The molecule has 0 radical (unpaired) electrons. The van der Waals surface area contributed by atoms with Gasteiger partial charge >= 0.3 is 39.5 Å². The van der Waals surface area contributed by atoms with Crippen LogP contribution < -0.4 is 0 Å². The Morgan fingerprint density at radius 1 is 0.384 bits per heavy atom. The average Bonchev–Trinajstić information content (AvgIpc) is 3.36. The molecule has 0 aliphatic heterocycles. The van der Waals surface area contributed by atoms with Crippen LogP contribution in [0, 0.1) is 5.92 Å². The molecular weight excluding hydrogens is 983 g/mol.